The van der Waals surface area contributed by atoms with Gasteiger partial charge in [-0.1, -0.05) is 12.1 Å². The Morgan fingerprint density at radius 2 is 2.00 bits per heavy atom. The van der Waals surface area contributed by atoms with Gasteiger partial charge in [0.1, 0.15) is 16.8 Å². The van der Waals surface area contributed by atoms with E-state index in [0.29, 0.717) is 23.5 Å². The summed E-state index contributed by atoms with van der Waals surface area (Å²) in [5.74, 6) is -1.65. The highest BCUT2D eigenvalue weighted by Crippen LogP contribution is 2.31. The third-order valence-electron chi connectivity index (χ3n) is 4.07. The minimum Gasteiger partial charge on any atom is -0.506 e. The van der Waals surface area contributed by atoms with E-state index in [2.05, 4.69) is 14.9 Å². The maximum Gasteiger partial charge on any atom is 0.339 e. The predicted molar refractivity (Wildman–Crippen MR) is 102 cm³/mol. The minimum absolute atomic E-state index is 0.237. The van der Waals surface area contributed by atoms with Gasteiger partial charge >= 0.3 is 5.97 Å². The lowest BCUT2D eigenvalue weighted by Gasteiger charge is -2.13. The summed E-state index contributed by atoms with van der Waals surface area (Å²) in [7, 11) is -4.23. The smallest absolute Gasteiger partial charge is 0.339 e. The second-order valence-electron chi connectivity index (χ2n) is 6.09. The van der Waals surface area contributed by atoms with Gasteiger partial charge in [0.05, 0.1) is 0 Å². The van der Waals surface area contributed by atoms with Crippen molar-refractivity contribution in [2.24, 2.45) is 0 Å². The van der Waals surface area contributed by atoms with Crippen LogP contribution in [-0.4, -0.2) is 39.4 Å². The van der Waals surface area contributed by atoms with E-state index in [-0.39, 0.29) is 5.69 Å². The first-order valence-corrected chi connectivity index (χ1v) is 9.79. The number of anilines is 1. The summed E-state index contributed by atoms with van der Waals surface area (Å²) >= 11 is 0. The molecule has 146 valence electrons. The van der Waals surface area contributed by atoms with E-state index in [4.69, 9.17) is 0 Å². The number of carboxylic acid groups (broad SMARTS) is 1. The van der Waals surface area contributed by atoms with Crippen molar-refractivity contribution < 1.29 is 23.4 Å². The molecule has 28 heavy (non-hydrogen) atoms. The number of benzene rings is 2. The van der Waals surface area contributed by atoms with Gasteiger partial charge in [-0.15, -0.1) is 10.2 Å². The fourth-order valence-corrected chi connectivity index (χ4v) is 4.01. The van der Waals surface area contributed by atoms with E-state index in [1.165, 1.54) is 12.1 Å². The first-order valence-electron chi connectivity index (χ1n) is 8.31. The second-order valence-corrected chi connectivity index (χ2v) is 7.74. The van der Waals surface area contributed by atoms with Crippen molar-refractivity contribution in [2.45, 2.75) is 25.3 Å². The monoisotopic (exact) mass is 402 g/mol. The number of sulfonamides is 1. The topological polar surface area (TPSA) is 134 Å². The number of carboxylic acids is 1. The van der Waals surface area contributed by atoms with Crippen molar-refractivity contribution in [3.63, 3.8) is 0 Å². The first-order chi connectivity index (χ1) is 13.2. The van der Waals surface area contributed by atoms with Crippen LogP contribution in [0.25, 0.3) is 11.4 Å². The van der Waals surface area contributed by atoms with E-state index < -0.39 is 32.2 Å². The van der Waals surface area contributed by atoms with Crippen LogP contribution in [0, 0.1) is 6.92 Å². The van der Waals surface area contributed by atoms with Crippen LogP contribution in [0.5, 0.6) is 5.75 Å². The van der Waals surface area contributed by atoms with E-state index in [0.717, 1.165) is 0 Å². The predicted octanol–water partition coefficient (Wildman–Crippen LogP) is 2.48. The van der Waals surface area contributed by atoms with E-state index in [9.17, 15) is 23.4 Å². The number of nitrogens with zero attached hydrogens (tertiary/aromatic N) is 3. The normalized spacial score (nSPS) is 11.4. The Labute approximate surface area is 161 Å². The molecular formula is C18H18N4O5S. The molecule has 0 bridgehead atoms. The van der Waals surface area contributed by atoms with Gasteiger partial charge in [0.15, 0.2) is 11.6 Å². The van der Waals surface area contributed by atoms with Gasteiger partial charge in [-0.2, -0.15) is 0 Å². The molecule has 1 aromatic heterocycles. The number of rotatable bonds is 6. The molecule has 0 saturated carbocycles. The fourth-order valence-electron chi connectivity index (χ4n) is 2.76. The number of aromatic carboxylic acids is 1. The molecule has 0 spiro atoms. The van der Waals surface area contributed by atoms with Gasteiger partial charge in [0.25, 0.3) is 10.0 Å². The number of phenols is 1. The number of nitrogens with one attached hydrogen (secondary N) is 1. The van der Waals surface area contributed by atoms with Crippen molar-refractivity contribution in [1.82, 2.24) is 14.8 Å². The zero-order chi connectivity index (χ0) is 20.5. The molecule has 0 unspecified atom stereocenters. The quantitative estimate of drug-likeness (QED) is 0.576. The SMILES string of the molecule is CCn1cnnc1-c1cccc(NS(=O)(=O)c2cc(C)cc(C(=O)O)c2O)c1. The molecule has 0 aliphatic carbocycles. The van der Waals surface area contributed by atoms with E-state index in [1.807, 2.05) is 6.92 Å². The van der Waals surface area contributed by atoms with Crippen molar-refractivity contribution >= 4 is 21.7 Å². The second kappa shape index (κ2) is 7.31. The van der Waals surface area contributed by atoms with Crippen molar-refractivity contribution in [2.75, 3.05) is 4.72 Å². The molecule has 1 heterocycles. The van der Waals surface area contributed by atoms with Crippen LogP contribution in [0.4, 0.5) is 5.69 Å². The zero-order valence-electron chi connectivity index (χ0n) is 15.1. The van der Waals surface area contributed by atoms with Crippen molar-refractivity contribution in [3.8, 4) is 17.1 Å². The summed E-state index contributed by atoms with van der Waals surface area (Å²) in [6, 6.07) is 8.95. The number of carbonyl (C=O) groups is 1. The van der Waals surface area contributed by atoms with Gasteiger partial charge in [-0.25, -0.2) is 13.2 Å². The number of aromatic nitrogens is 3. The molecule has 0 atom stereocenters. The fraction of sp³-hybridized carbons (Fsp3) is 0.167. The van der Waals surface area contributed by atoms with Crippen LogP contribution in [0.1, 0.15) is 22.8 Å². The van der Waals surface area contributed by atoms with Crippen LogP contribution in [0.3, 0.4) is 0 Å². The maximum absolute atomic E-state index is 12.8. The molecule has 0 aliphatic rings. The molecule has 0 saturated heterocycles. The Hall–Kier alpha value is -3.40. The Morgan fingerprint density at radius 1 is 1.25 bits per heavy atom. The Morgan fingerprint density at radius 3 is 2.68 bits per heavy atom. The maximum atomic E-state index is 12.8. The summed E-state index contributed by atoms with van der Waals surface area (Å²) < 4.78 is 29.7. The Bertz CT molecular complexity index is 1150. The molecule has 9 nitrogen and oxygen atoms in total. The number of hydrogen-bond acceptors (Lipinski definition) is 6. The molecule has 3 rings (SSSR count). The lowest BCUT2D eigenvalue weighted by Crippen LogP contribution is -2.15. The summed E-state index contributed by atoms with van der Waals surface area (Å²) in [5, 5.41) is 27.2. The average Bonchev–Trinajstić information content (AvgIpc) is 3.11. The van der Waals surface area contributed by atoms with Gasteiger partial charge in [0, 0.05) is 17.8 Å². The molecule has 2 aromatic carbocycles. The van der Waals surface area contributed by atoms with Crippen molar-refractivity contribution in [1.29, 1.82) is 0 Å². The van der Waals surface area contributed by atoms with Crippen LogP contribution in [0.2, 0.25) is 0 Å². The first kappa shape index (κ1) is 19.4. The van der Waals surface area contributed by atoms with Crippen LogP contribution in [-0.2, 0) is 16.6 Å². The summed E-state index contributed by atoms with van der Waals surface area (Å²) in [6.45, 7) is 4.12. The lowest BCUT2D eigenvalue weighted by molar-refractivity contribution is 0.0693. The van der Waals surface area contributed by atoms with E-state index >= 15 is 0 Å². The Kier molecular flexibility index (Phi) is 5.06. The number of aromatic hydroxyl groups is 1. The molecule has 10 heteroatoms. The highest BCUT2D eigenvalue weighted by molar-refractivity contribution is 7.92. The number of hydrogen-bond donors (Lipinski definition) is 3. The van der Waals surface area contributed by atoms with Gasteiger partial charge in [-0.05, 0) is 43.7 Å². The number of aryl methyl sites for hydroxylation is 2. The molecule has 0 aliphatic heterocycles. The molecule has 0 radical (unpaired) electrons. The van der Waals surface area contributed by atoms with Crippen LogP contribution < -0.4 is 4.72 Å². The zero-order valence-corrected chi connectivity index (χ0v) is 15.9. The van der Waals surface area contributed by atoms with Crippen LogP contribution in [0.15, 0.2) is 47.6 Å². The minimum atomic E-state index is -4.23. The molecule has 3 aromatic rings. The summed E-state index contributed by atoms with van der Waals surface area (Å²) in [6.07, 6.45) is 1.57. The van der Waals surface area contributed by atoms with Gasteiger partial charge < -0.3 is 14.8 Å². The molecule has 3 N–H and O–H groups in total. The molecular weight excluding hydrogens is 384 g/mol. The third-order valence-corrected chi connectivity index (χ3v) is 5.46. The third kappa shape index (κ3) is 3.67. The summed E-state index contributed by atoms with van der Waals surface area (Å²) in [4.78, 5) is 10.8. The van der Waals surface area contributed by atoms with Crippen LogP contribution >= 0.6 is 0 Å². The molecule has 0 amide bonds. The highest BCUT2D eigenvalue weighted by atomic mass is 32.2. The van der Waals surface area contributed by atoms with Gasteiger partial charge in [-0.3, -0.25) is 4.72 Å². The largest absolute Gasteiger partial charge is 0.506 e. The molecule has 0 fully saturated rings. The standard InChI is InChI=1S/C18H18N4O5S/c1-3-22-10-19-20-17(22)12-5-4-6-13(9-12)21-28(26,27)15-8-11(2)7-14(16(15)23)18(24)25/h4-10,21,23H,3H2,1-2H3,(H,24,25). The van der Waals surface area contributed by atoms with E-state index in [1.54, 1.807) is 42.1 Å². The lowest BCUT2D eigenvalue weighted by atomic mass is 10.1. The van der Waals surface area contributed by atoms with Gasteiger partial charge in [0.2, 0.25) is 0 Å². The van der Waals surface area contributed by atoms with Crippen molar-refractivity contribution in [3.05, 3.63) is 53.9 Å². The summed E-state index contributed by atoms with van der Waals surface area (Å²) in [5.41, 5.74) is 0.797. The Balaban J connectivity index is 2.00. The average molecular weight is 402 g/mol. The highest BCUT2D eigenvalue weighted by Gasteiger charge is 2.24.